The van der Waals surface area contributed by atoms with Crippen LogP contribution in [0.25, 0.3) is 6.08 Å². The minimum atomic E-state index is -1.62. The molecule has 0 heterocycles. The molecule has 0 fully saturated rings. The van der Waals surface area contributed by atoms with Crippen molar-refractivity contribution in [3.8, 4) is 0 Å². The lowest BCUT2D eigenvalue weighted by atomic mass is 9.59. The lowest BCUT2D eigenvalue weighted by Crippen LogP contribution is -2.56. The summed E-state index contributed by atoms with van der Waals surface area (Å²) in [5.74, 6) is -0.703. The molecular weight excluding hydrogens is 288 g/mol. The Kier molecular flexibility index (Phi) is 3.58. The van der Waals surface area contributed by atoms with E-state index in [-0.39, 0.29) is 11.7 Å². The van der Waals surface area contributed by atoms with E-state index in [1.165, 1.54) is 0 Å². The van der Waals surface area contributed by atoms with Crippen molar-refractivity contribution in [2.75, 3.05) is 0 Å². The van der Waals surface area contributed by atoms with Crippen LogP contribution >= 0.6 is 0 Å². The van der Waals surface area contributed by atoms with Crippen molar-refractivity contribution in [1.29, 1.82) is 0 Å². The average molecular weight is 314 g/mol. The second kappa shape index (κ2) is 5.02. The van der Waals surface area contributed by atoms with Crippen molar-refractivity contribution in [3.63, 3.8) is 0 Å². The summed E-state index contributed by atoms with van der Waals surface area (Å²) < 4.78 is 0. The molecule has 1 aromatic carbocycles. The van der Waals surface area contributed by atoms with E-state index in [9.17, 15) is 15.0 Å². The fourth-order valence-corrected chi connectivity index (χ4v) is 4.35. The van der Waals surface area contributed by atoms with Gasteiger partial charge in [-0.1, -0.05) is 26.0 Å². The zero-order valence-electron chi connectivity index (χ0n) is 14.6. The lowest BCUT2D eigenvalue weighted by molar-refractivity contribution is -0.160. The average Bonchev–Trinajstić information content (AvgIpc) is 2.44. The van der Waals surface area contributed by atoms with Crippen LogP contribution in [0.1, 0.15) is 56.4 Å². The molecule has 0 spiro atoms. The Bertz CT molecular complexity index is 706. The number of hydrogen-bond donors (Lipinski definition) is 2. The van der Waals surface area contributed by atoms with E-state index in [0.717, 1.165) is 28.7 Å². The van der Waals surface area contributed by atoms with E-state index in [4.69, 9.17) is 0 Å². The number of rotatable bonds is 2. The highest BCUT2D eigenvalue weighted by atomic mass is 16.3. The largest absolute Gasteiger partial charge is 0.390 e. The Labute approximate surface area is 138 Å². The molecule has 0 aliphatic heterocycles. The van der Waals surface area contributed by atoms with Crippen LogP contribution in [-0.4, -0.2) is 21.6 Å². The van der Waals surface area contributed by atoms with Gasteiger partial charge in [0.2, 0.25) is 0 Å². The summed E-state index contributed by atoms with van der Waals surface area (Å²) in [6.45, 7) is 9.34. The summed E-state index contributed by atoms with van der Waals surface area (Å²) in [6, 6.07) is 4.05. The summed E-state index contributed by atoms with van der Waals surface area (Å²) in [4.78, 5) is 13.2. The first-order valence-corrected chi connectivity index (χ1v) is 8.42. The van der Waals surface area contributed by atoms with Crippen LogP contribution in [0.3, 0.4) is 0 Å². The fraction of sp³-hybridized carbons (Fsp3) is 0.550. The van der Waals surface area contributed by atoms with Gasteiger partial charge < -0.3 is 10.2 Å². The van der Waals surface area contributed by atoms with Crippen LogP contribution in [-0.2, 0) is 16.8 Å². The third-order valence-corrected chi connectivity index (χ3v) is 5.54. The Morgan fingerprint density at radius 2 is 1.96 bits per heavy atom. The highest BCUT2D eigenvalue weighted by Gasteiger charge is 2.56. The third-order valence-electron chi connectivity index (χ3n) is 5.54. The smallest absolute Gasteiger partial charge is 0.195 e. The minimum Gasteiger partial charge on any atom is -0.390 e. The van der Waals surface area contributed by atoms with Crippen molar-refractivity contribution in [1.82, 2.24) is 0 Å². The first-order chi connectivity index (χ1) is 10.6. The summed E-state index contributed by atoms with van der Waals surface area (Å²) in [5.41, 5.74) is 1.72. The Morgan fingerprint density at radius 1 is 1.30 bits per heavy atom. The molecule has 0 aromatic heterocycles. The molecule has 23 heavy (non-hydrogen) atoms. The highest BCUT2D eigenvalue weighted by Crippen LogP contribution is 2.51. The molecule has 2 aliphatic carbocycles. The topological polar surface area (TPSA) is 57.5 Å². The number of carbonyl (C=O) groups is 1. The van der Waals surface area contributed by atoms with E-state index < -0.39 is 17.1 Å². The molecule has 1 unspecified atom stereocenters. The van der Waals surface area contributed by atoms with Gasteiger partial charge in [-0.2, -0.15) is 0 Å². The first-order valence-electron chi connectivity index (χ1n) is 8.42. The van der Waals surface area contributed by atoms with Crippen molar-refractivity contribution < 1.29 is 15.0 Å². The number of aliphatic hydroxyl groups is 2. The maximum atomic E-state index is 13.2. The number of hydrogen-bond acceptors (Lipinski definition) is 3. The number of benzene rings is 1. The fourth-order valence-electron chi connectivity index (χ4n) is 4.35. The SMILES string of the molecule is Cc1ccc2c3c1CCC(C(C)(C)O)[C@@]3(O)C(=O)C(C(C)C)=C2. The standard InChI is InChI=1S/C20H26O3/c1-11(2)15-10-13-7-6-12(3)14-8-9-16(19(4,5)22)20(23,17(13)14)18(15)21/h6-7,10-11,16,22-23H,8-9H2,1-5H3/t16?,20-/m0/s1. The predicted molar refractivity (Wildman–Crippen MR) is 91.0 cm³/mol. The zero-order valence-corrected chi connectivity index (χ0v) is 14.6. The Hall–Kier alpha value is -1.45. The molecule has 2 atom stereocenters. The van der Waals surface area contributed by atoms with Crippen molar-refractivity contribution in [2.45, 2.75) is 58.7 Å². The molecule has 2 N–H and O–H groups in total. The second-order valence-corrected chi connectivity index (χ2v) is 7.92. The van der Waals surface area contributed by atoms with Gasteiger partial charge in [-0.25, -0.2) is 0 Å². The van der Waals surface area contributed by atoms with Crippen LogP contribution < -0.4 is 0 Å². The summed E-state index contributed by atoms with van der Waals surface area (Å²) in [7, 11) is 0. The highest BCUT2D eigenvalue weighted by molar-refractivity contribution is 6.09. The first kappa shape index (κ1) is 16.4. The Balaban J connectivity index is 2.35. The molecule has 0 bridgehead atoms. The molecule has 3 heteroatoms. The quantitative estimate of drug-likeness (QED) is 0.882. The van der Waals surface area contributed by atoms with Gasteiger partial charge in [0.25, 0.3) is 0 Å². The molecular formula is C20H26O3. The minimum absolute atomic E-state index is 0.0359. The molecule has 2 aliphatic rings. The molecule has 3 rings (SSSR count). The van der Waals surface area contributed by atoms with E-state index in [1.54, 1.807) is 13.8 Å². The normalized spacial score (nSPS) is 27.0. The van der Waals surface area contributed by atoms with E-state index >= 15 is 0 Å². The maximum absolute atomic E-state index is 13.2. The van der Waals surface area contributed by atoms with Gasteiger partial charge in [0.15, 0.2) is 11.4 Å². The van der Waals surface area contributed by atoms with E-state index in [0.29, 0.717) is 12.0 Å². The van der Waals surface area contributed by atoms with Gasteiger partial charge in [-0.05, 0) is 62.3 Å². The molecule has 0 saturated heterocycles. The van der Waals surface area contributed by atoms with Crippen LogP contribution in [0.5, 0.6) is 0 Å². The van der Waals surface area contributed by atoms with Gasteiger partial charge in [-0.3, -0.25) is 4.79 Å². The van der Waals surface area contributed by atoms with Crippen molar-refractivity contribution >= 4 is 11.9 Å². The predicted octanol–water partition coefficient (Wildman–Crippen LogP) is 3.14. The van der Waals surface area contributed by atoms with Crippen LogP contribution in [0.4, 0.5) is 0 Å². The van der Waals surface area contributed by atoms with E-state index in [1.807, 2.05) is 32.9 Å². The van der Waals surface area contributed by atoms with Crippen LogP contribution in [0, 0.1) is 18.8 Å². The number of carbonyl (C=O) groups excluding carboxylic acids is 1. The molecule has 3 nitrogen and oxygen atoms in total. The summed E-state index contributed by atoms with van der Waals surface area (Å²) >= 11 is 0. The Morgan fingerprint density at radius 3 is 2.52 bits per heavy atom. The number of Topliss-reactive ketones (excluding diaryl/α,β-unsaturated/α-hetero) is 1. The van der Waals surface area contributed by atoms with Gasteiger partial charge in [0, 0.05) is 17.1 Å². The molecule has 0 saturated carbocycles. The molecule has 1 aromatic rings. The number of aryl methyl sites for hydroxylation is 1. The van der Waals surface area contributed by atoms with Gasteiger partial charge in [0.05, 0.1) is 5.60 Å². The van der Waals surface area contributed by atoms with Crippen LogP contribution in [0.2, 0.25) is 0 Å². The van der Waals surface area contributed by atoms with Gasteiger partial charge in [0.1, 0.15) is 0 Å². The summed E-state index contributed by atoms with van der Waals surface area (Å²) in [6.07, 6.45) is 3.31. The molecule has 124 valence electrons. The summed E-state index contributed by atoms with van der Waals surface area (Å²) in [5, 5.41) is 22.3. The van der Waals surface area contributed by atoms with Crippen LogP contribution in [0.15, 0.2) is 17.7 Å². The monoisotopic (exact) mass is 314 g/mol. The molecule has 0 radical (unpaired) electrons. The number of ketones is 1. The van der Waals surface area contributed by atoms with E-state index in [2.05, 4.69) is 6.07 Å². The van der Waals surface area contributed by atoms with Gasteiger partial charge >= 0.3 is 0 Å². The molecule has 0 amide bonds. The van der Waals surface area contributed by atoms with Gasteiger partial charge in [-0.15, -0.1) is 0 Å². The van der Waals surface area contributed by atoms with Crippen molar-refractivity contribution in [2.24, 2.45) is 11.8 Å². The second-order valence-electron chi connectivity index (χ2n) is 7.92. The zero-order chi connectivity index (χ0) is 17.2. The third kappa shape index (κ3) is 2.21. The van der Waals surface area contributed by atoms with Crippen molar-refractivity contribution in [3.05, 3.63) is 40.0 Å². The maximum Gasteiger partial charge on any atom is 0.195 e. The lowest BCUT2D eigenvalue weighted by Gasteiger charge is -2.48.